The third-order valence-corrected chi connectivity index (χ3v) is 6.53. The Bertz CT molecular complexity index is 739. The fraction of sp³-hybridized carbons (Fsp3) is 0.700. The molecule has 2 saturated heterocycles. The predicted molar refractivity (Wildman–Crippen MR) is 102 cm³/mol. The maximum absolute atomic E-state index is 10.1. The average Bonchev–Trinajstić information content (AvgIpc) is 3.26. The summed E-state index contributed by atoms with van der Waals surface area (Å²) >= 11 is 0. The highest BCUT2D eigenvalue weighted by Crippen LogP contribution is 2.45. The molecule has 0 aromatic carbocycles. The van der Waals surface area contributed by atoms with Crippen molar-refractivity contribution in [2.24, 2.45) is 11.3 Å². The number of imidazole rings is 1. The lowest BCUT2D eigenvalue weighted by Gasteiger charge is -2.51. The maximum atomic E-state index is 10.1. The first-order valence-electron chi connectivity index (χ1n) is 10.0. The summed E-state index contributed by atoms with van der Waals surface area (Å²) in [5, 5.41) is 14.1. The van der Waals surface area contributed by atoms with Crippen LogP contribution in [0.15, 0.2) is 16.8 Å². The Kier molecular flexibility index (Phi) is 5.34. The predicted octanol–water partition coefficient (Wildman–Crippen LogP) is 2.11. The number of aliphatic hydroxyl groups is 1. The van der Waals surface area contributed by atoms with Crippen LogP contribution in [0, 0.1) is 25.2 Å². The van der Waals surface area contributed by atoms with Gasteiger partial charge < -0.3 is 14.6 Å². The first-order chi connectivity index (χ1) is 13.1. The van der Waals surface area contributed by atoms with E-state index >= 15 is 0 Å². The number of aryl methyl sites for hydroxylation is 2. The Labute approximate surface area is 160 Å². The lowest BCUT2D eigenvalue weighted by molar-refractivity contribution is -0.0468. The Morgan fingerprint density at radius 3 is 2.52 bits per heavy atom. The fourth-order valence-corrected chi connectivity index (χ4v) is 4.86. The number of aromatic nitrogens is 3. The number of rotatable bonds is 5. The van der Waals surface area contributed by atoms with Crippen molar-refractivity contribution in [3.63, 3.8) is 0 Å². The SMILES string of the molecule is Cc1cc(CN2CCC3(CCN(Cc4ncc(C)[nH]4)CC3)[C@H](CO)C2)on1. The summed E-state index contributed by atoms with van der Waals surface area (Å²) in [4.78, 5) is 12.7. The second-order valence-electron chi connectivity index (χ2n) is 8.45. The van der Waals surface area contributed by atoms with E-state index in [1.807, 2.05) is 26.1 Å². The molecule has 4 rings (SSSR count). The van der Waals surface area contributed by atoms with Crippen molar-refractivity contribution in [3.8, 4) is 0 Å². The van der Waals surface area contributed by atoms with Gasteiger partial charge in [-0.15, -0.1) is 0 Å². The topological polar surface area (TPSA) is 81.4 Å². The van der Waals surface area contributed by atoms with E-state index in [1.165, 1.54) is 0 Å². The summed E-state index contributed by atoms with van der Waals surface area (Å²) in [5.74, 6) is 2.31. The lowest BCUT2D eigenvalue weighted by atomic mass is 9.64. The quantitative estimate of drug-likeness (QED) is 0.835. The minimum absolute atomic E-state index is 0.267. The van der Waals surface area contributed by atoms with Crippen LogP contribution in [0.4, 0.5) is 0 Å². The van der Waals surface area contributed by atoms with Crippen molar-refractivity contribution >= 4 is 0 Å². The number of aromatic amines is 1. The molecule has 0 bridgehead atoms. The molecule has 0 unspecified atom stereocenters. The van der Waals surface area contributed by atoms with Gasteiger partial charge in [-0.2, -0.15) is 0 Å². The molecule has 0 saturated carbocycles. The number of piperidine rings is 2. The summed E-state index contributed by atoms with van der Waals surface area (Å²) in [6.07, 6.45) is 5.37. The van der Waals surface area contributed by atoms with Crippen LogP contribution in [-0.2, 0) is 13.1 Å². The van der Waals surface area contributed by atoms with Gasteiger partial charge in [0, 0.05) is 37.0 Å². The van der Waals surface area contributed by atoms with Crippen LogP contribution in [-0.4, -0.2) is 62.8 Å². The van der Waals surface area contributed by atoms with Crippen molar-refractivity contribution in [1.82, 2.24) is 24.9 Å². The van der Waals surface area contributed by atoms with Gasteiger partial charge in [-0.05, 0) is 58.2 Å². The zero-order valence-electron chi connectivity index (χ0n) is 16.4. The van der Waals surface area contributed by atoms with E-state index in [1.54, 1.807) is 0 Å². The van der Waals surface area contributed by atoms with E-state index in [4.69, 9.17) is 4.52 Å². The molecule has 7 nitrogen and oxygen atoms in total. The van der Waals surface area contributed by atoms with Crippen LogP contribution in [0.25, 0.3) is 0 Å². The molecule has 27 heavy (non-hydrogen) atoms. The van der Waals surface area contributed by atoms with Gasteiger partial charge >= 0.3 is 0 Å². The summed E-state index contributed by atoms with van der Waals surface area (Å²) in [6.45, 7) is 10.1. The normalized spacial score (nSPS) is 23.9. The van der Waals surface area contributed by atoms with Crippen LogP contribution < -0.4 is 0 Å². The van der Waals surface area contributed by atoms with Crippen LogP contribution in [0.3, 0.4) is 0 Å². The van der Waals surface area contributed by atoms with E-state index in [0.29, 0.717) is 5.92 Å². The smallest absolute Gasteiger partial charge is 0.150 e. The van der Waals surface area contributed by atoms with Crippen LogP contribution >= 0.6 is 0 Å². The minimum atomic E-state index is 0.267. The molecule has 0 radical (unpaired) electrons. The van der Waals surface area contributed by atoms with Crippen molar-refractivity contribution in [3.05, 3.63) is 35.2 Å². The van der Waals surface area contributed by atoms with Crippen LogP contribution in [0.5, 0.6) is 0 Å². The molecule has 7 heteroatoms. The molecule has 1 spiro atoms. The number of hydrogen-bond donors (Lipinski definition) is 2. The highest BCUT2D eigenvalue weighted by molar-refractivity contribution is 5.04. The molecule has 2 fully saturated rings. The van der Waals surface area contributed by atoms with E-state index in [0.717, 1.165) is 81.5 Å². The Morgan fingerprint density at radius 2 is 1.93 bits per heavy atom. The largest absolute Gasteiger partial charge is 0.396 e. The molecule has 0 aliphatic carbocycles. The molecular formula is C20H31N5O2. The van der Waals surface area contributed by atoms with Crippen molar-refractivity contribution in [2.45, 2.75) is 46.2 Å². The highest BCUT2D eigenvalue weighted by Gasteiger charge is 2.44. The zero-order valence-corrected chi connectivity index (χ0v) is 16.4. The number of nitrogens with zero attached hydrogens (tertiary/aromatic N) is 4. The minimum Gasteiger partial charge on any atom is -0.396 e. The zero-order chi connectivity index (χ0) is 18.9. The van der Waals surface area contributed by atoms with Crippen LogP contribution in [0.2, 0.25) is 0 Å². The number of nitrogens with one attached hydrogen (secondary N) is 1. The Balaban J connectivity index is 1.33. The number of hydrogen-bond acceptors (Lipinski definition) is 6. The third kappa shape index (κ3) is 4.10. The maximum Gasteiger partial charge on any atom is 0.150 e. The number of aliphatic hydroxyl groups excluding tert-OH is 1. The summed E-state index contributed by atoms with van der Waals surface area (Å²) in [6, 6.07) is 2.01. The molecule has 1 atom stereocenters. The average molecular weight is 374 g/mol. The molecule has 0 amide bonds. The first-order valence-corrected chi connectivity index (χ1v) is 10.0. The molecule has 2 aromatic heterocycles. The van der Waals surface area contributed by atoms with E-state index in [-0.39, 0.29) is 12.0 Å². The van der Waals surface area contributed by atoms with Gasteiger partial charge in [-0.1, -0.05) is 5.16 Å². The fourth-order valence-electron chi connectivity index (χ4n) is 4.86. The Morgan fingerprint density at radius 1 is 1.19 bits per heavy atom. The van der Waals surface area contributed by atoms with Gasteiger partial charge in [0.15, 0.2) is 5.76 Å². The summed E-state index contributed by atoms with van der Waals surface area (Å²) in [7, 11) is 0. The van der Waals surface area contributed by atoms with Gasteiger partial charge in [-0.3, -0.25) is 9.80 Å². The van der Waals surface area contributed by atoms with E-state index < -0.39 is 0 Å². The summed E-state index contributed by atoms with van der Waals surface area (Å²) < 4.78 is 5.38. The van der Waals surface area contributed by atoms with Gasteiger partial charge in [0.2, 0.25) is 0 Å². The number of H-pyrrole nitrogens is 1. The lowest BCUT2D eigenvalue weighted by Crippen LogP contribution is -2.53. The second-order valence-corrected chi connectivity index (χ2v) is 8.45. The van der Waals surface area contributed by atoms with Crippen molar-refractivity contribution in [1.29, 1.82) is 0 Å². The first kappa shape index (κ1) is 18.7. The standard InChI is InChI=1S/C20H31N5O2/c1-15-9-18(27-23-15)12-25-8-5-20(17(11-25)14-26)3-6-24(7-4-20)13-19-21-10-16(2)22-19/h9-10,17,26H,3-8,11-14H2,1-2H3,(H,21,22)/t17-/m0/s1. The van der Waals surface area contributed by atoms with Gasteiger partial charge in [-0.25, -0.2) is 4.98 Å². The van der Waals surface area contributed by atoms with Crippen LogP contribution in [0.1, 0.15) is 42.2 Å². The van der Waals surface area contributed by atoms with Gasteiger partial charge in [0.25, 0.3) is 0 Å². The molecule has 2 aliphatic heterocycles. The molecular weight excluding hydrogens is 342 g/mol. The molecule has 2 aromatic rings. The number of likely N-dealkylation sites (tertiary alicyclic amines) is 2. The molecule has 2 N–H and O–H groups in total. The molecule has 148 valence electrons. The van der Waals surface area contributed by atoms with Gasteiger partial charge in [0.05, 0.1) is 18.8 Å². The summed E-state index contributed by atoms with van der Waals surface area (Å²) in [5.41, 5.74) is 2.32. The van der Waals surface area contributed by atoms with E-state index in [9.17, 15) is 5.11 Å². The molecule has 2 aliphatic rings. The monoisotopic (exact) mass is 373 g/mol. The third-order valence-electron chi connectivity index (χ3n) is 6.53. The van der Waals surface area contributed by atoms with Crippen molar-refractivity contribution < 1.29 is 9.63 Å². The Hall–Kier alpha value is -1.70. The van der Waals surface area contributed by atoms with E-state index in [2.05, 4.69) is 24.9 Å². The second kappa shape index (κ2) is 7.73. The van der Waals surface area contributed by atoms with Gasteiger partial charge in [0.1, 0.15) is 5.82 Å². The highest BCUT2D eigenvalue weighted by atomic mass is 16.5. The van der Waals surface area contributed by atoms with Crippen molar-refractivity contribution in [2.75, 3.05) is 32.8 Å². The molecule has 4 heterocycles.